The summed E-state index contributed by atoms with van der Waals surface area (Å²) in [7, 11) is -0.624. The van der Waals surface area contributed by atoms with Crippen molar-refractivity contribution in [1.82, 2.24) is 9.03 Å². The second-order valence-corrected chi connectivity index (χ2v) is 3.42. The van der Waals surface area contributed by atoms with Gasteiger partial charge in [-0.05, 0) is 0 Å². The topological polar surface area (TPSA) is 49.4 Å². The van der Waals surface area contributed by atoms with Crippen LogP contribution in [0.15, 0.2) is 0 Å². The van der Waals surface area contributed by atoms with Gasteiger partial charge in [-0.2, -0.15) is 12.7 Å². The Bertz CT molecular complexity index is 211. The summed E-state index contributed by atoms with van der Waals surface area (Å²) < 4.78 is 24.0. The average Bonchev–Trinajstić information content (AvgIpc) is 1.65. The molecule has 4 nitrogen and oxygen atoms in total. The van der Waals surface area contributed by atoms with Crippen molar-refractivity contribution in [3.63, 3.8) is 0 Å². The SMILES string of the molecule is C#CNS(=O)(=O)N(C)C. The van der Waals surface area contributed by atoms with Crippen LogP contribution in [0.2, 0.25) is 0 Å². The first-order chi connectivity index (χ1) is 4.00. The highest BCUT2D eigenvalue weighted by atomic mass is 32.2. The Morgan fingerprint density at radius 1 is 1.56 bits per heavy atom. The summed E-state index contributed by atoms with van der Waals surface area (Å²) in [5, 5.41) is 0. The predicted octanol–water partition coefficient (Wildman–Crippen LogP) is -1.03. The average molecular weight is 148 g/mol. The monoisotopic (exact) mass is 148 g/mol. The van der Waals surface area contributed by atoms with Gasteiger partial charge in [0.05, 0.1) is 0 Å². The Morgan fingerprint density at radius 2 is 2.00 bits per heavy atom. The molecule has 0 amide bonds. The van der Waals surface area contributed by atoms with E-state index in [9.17, 15) is 8.42 Å². The van der Waals surface area contributed by atoms with Crippen molar-refractivity contribution in [2.75, 3.05) is 14.1 Å². The Labute approximate surface area is 55.0 Å². The molecule has 0 unspecified atom stereocenters. The van der Waals surface area contributed by atoms with Gasteiger partial charge in [0.2, 0.25) is 0 Å². The number of nitrogens with one attached hydrogen (secondary N) is 1. The Kier molecular flexibility index (Phi) is 2.49. The highest BCUT2D eigenvalue weighted by Crippen LogP contribution is 1.84. The number of nitrogens with zero attached hydrogens (tertiary/aromatic N) is 1. The van der Waals surface area contributed by atoms with Crippen LogP contribution in [-0.2, 0) is 10.2 Å². The zero-order chi connectivity index (χ0) is 7.49. The van der Waals surface area contributed by atoms with Gasteiger partial charge in [0.25, 0.3) is 0 Å². The van der Waals surface area contributed by atoms with Crippen molar-refractivity contribution < 1.29 is 8.42 Å². The van der Waals surface area contributed by atoms with Crippen LogP contribution in [0, 0.1) is 12.5 Å². The molecule has 0 saturated heterocycles. The predicted molar refractivity (Wildman–Crippen MR) is 34.6 cm³/mol. The lowest BCUT2D eigenvalue weighted by Gasteiger charge is -2.07. The maximum Gasteiger partial charge on any atom is 0.307 e. The molecular formula is C4H8N2O2S. The fourth-order valence-electron chi connectivity index (χ4n) is 0.166. The molecule has 1 N–H and O–H groups in total. The molecule has 0 atom stereocenters. The highest BCUT2D eigenvalue weighted by Gasteiger charge is 2.08. The Hall–Kier alpha value is -0.730. The van der Waals surface area contributed by atoms with E-state index < -0.39 is 10.2 Å². The van der Waals surface area contributed by atoms with Crippen molar-refractivity contribution in [2.24, 2.45) is 0 Å². The summed E-state index contributed by atoms with van der Waals surface area (Å²) in [5.41, 5.74) is 0. The molecule has 0 radical (unpaired) electrons. The molecule has 0 aromatic heterocycles. The summed E-state index contributed by atoms with van der Waals surface area (Å²) in [6, 6.07) is 1.81. The van der Waals surface area contributed by atoms with E-state index in [4.69, 9.17) is 0 Å². The molecule has 0 bridgehead atoms. The van der Waals surface area contributed by atoms with E-state index in [-0.39, 0.29) is 0 Å². The van der Waals surface area contributed by atoms with Crippen LogP contribution in [0.5, 0.6) is 0 Å². The Morgan fingerprint density at radius 3 is 2.11 bits per heavy atom. The van der Waals surface area contributed by atoms with Crippen LogP contribution in [0.4, 0.5) is 0 Å². The molecule has 0 heterocycles. The minimum Gasteiger partial charge on any atom is -0.229 e. The molecule has 0 aromatic carbocycles. The summed E-state index contributed by atoms with van der Waals surface area (Å²) in [4.78, 5) is 0. The van der Waals surface area contributed by atoms with Crippen LogP contribution in [-0.4, -0.2) is 26.8 Å². The maximum atomic E-state index is 10.6. The van der Waals surface area contributed by atoms with Gasteiger partial charge in [-0.15, -0.1) is 0 Å². The van der Waals surface area contributed by atoms with Gasteiger partial charge in [0.15, 0.2) is 0 Å². The smallest absolute Gasteiger partial charge is 0.229 e. The fourth-order valence-corrected chi connectivity index (χ4v) is 0.497. The molecular weight excluding hydrogens is 140 g/mol. The van der Waals surface area contributed by atoms with Crippen LogP contribution >= 0.6 is 0 Å². The van der Waals surface area contributed by atoms with Gasteiger partial charge in [-0.3, -0.25) is 0 Å². The van der Waals surface area contributed by atoms with Crippen molar-refractivity contribution >= 4 is 10.2 Å². The van der Waals surface area contributed by atoms with Gasteiger partial charge in [-0.1, -0.05) is 6.42 Å². The van der Waals surface area contributed by atoms with E-state index in [1.165, 1.54) is 14.1 Å². The van der Waals surface area contributed by atoms with Crippen LogP contribution < -0.4 is 4.72 Å². The third-order valence-corrected chi connectivity index (χ3v) is 2.01. The molecule has 0 rings (SSSR count). The quantitative estimate of drug-likeness (QED) is 0.402. The molecule has 52 valence electrons. The summed E-state index contributed by atoms with van der Waals surface area (Å²) in [6.45, 7) is 0. The second kappa shape index (κ2) is 2.71. The van der Waals surface area contributed by atoms with E-state index in [1.807, 2.05) is 10.8 Å². The summed E-state index contributed by atoms with van der Waals surface area (Å²) in [5.74, 6) is 0. The van der Waals surface area contributed by atoms with Gasteiger partial charge in [-0.25, -0.2) is 4.72 Å². The minimum atomic E-state index is -3.40. The van der Waals surface area contributed by atoms with Gasteiger partial charge >= 0.3 is 10.2 Å². The van der Waals surface area contributed by atoms with Gasteiger partial charge < -0.3 is 0 Å². The summed E-state index contributed by atoms with van der Waals surface area (Å²) in [6.07, 6.45) is 4.69. The lowest BCUT2D eigenvalue weighted by Crippen LogP contribution is -2.32. The van der Waals surface area contributed by atoms with E-state index in [1.54, 1.807) is 0 Å². The zero-order valence-corrected chi connectivity index (χ0v) is 6.07. The molecule has 0 aliphatic carbocycles. The number of hydrogen-bond donors (Lipinski definition) is 1. The second-order valence-electron chi connectivity index (χ2n) is 1.53. The van der Waals surface area contributed by atoms with Gasteiger partial charge in [0.1, 0.15) is 0 Å². The van der Waals surface area contributed by atoms with E-state index in [2.05, 4.69) is 6.42 Å². The number of rotatable bonds is 2. The van der Waals surface area contributed by atoms with Crippen LogP contribution in [0.3, 0.4) is 0 Å². The first kappa shape index (κ1) is 8.27. The zero-order valence-electron chi connectivity index (χ0n) is 5.25. The molecule has 0 saturated carbocycles. The molecule has 9 heavy (non-hydrogen) atoms. The van der Waals surface area contributed by atoms with Crippen molar-refractivity contribution in [2.45, 2.75) is 0 Å². The summed E-state index contributed by atoms with van der Waals surface area (Å²) >= 11 is 0. The molecule has 0 aromatic rings. The van der Waals surface area contributed by atoms with E-state index in [0.717, 1.165) is 4.31 Å². The highest BCUT2D eigenvalue weighted by molar-refractivity contribution is 7.87. The van der Waals surface area contributed by atoms with E-state index in [0.29, 0.717) is 0 Å². The molecule has 0 spiro atoms. The number of terminal acetylenes is 1. The first-order valence-corrected chi connectivity index (χ1v) is 3.59. The van der Waals surface area contributed by atoms with Crippen LogP contribution in [0.1, 0.15) is 0 Å². The lowest BCUT2D eigenvalue weighted by atomic mass is 11.2. The minimum absolute atomic E-state index is 0.993. The standard InChI is InChI=1S/C4H8N2O2S/c1-4-5-9(7,8)6(2)3/h1,5H,2-3H3. The van der Waals surface area contributed by atoms with Crippen molar-refractivity contribution in [1.29, 1.82) is 0 Å². The van der Waals surface area contributed by atoms with E-state index >= 15 is 0 Å². The molecule has 0 aliphatic heterocycles. The number of hydrogen-bond acceptors (Lipinski definition) is 2. The lowest BCUT2D eigenvalue weighted by molar-refractivity contribution is 0.515. The maximum absolute atomic E-state index is 10.6. The van der Waals surface area contributed by atoms with Crippen molar-refractivity contribution in [3.05, 3.63) is 0 Å². The van der Waals surface area contributed by atoms with Crippen molar-refractivity contribution in [3.8, 4) is 12.5 Å². The normalized spacial score (nSPS) is 10.9. The van der Waals surface area contributed by atoms with Gasteiger partial charge in [0, 0.05) is 20.1 Å². The largest absolute Gasteiger partial charge is 0.307 e. The molecule has 0 fully saturated rings. The molecule has 5 heteroatoms. The fraction of sp³-hybridized carbons (Fsp3) is 0.500. The Balaban J connectivity index is 4.28. The third-order valence-electron chi connectivity index (χ3n) is 0.669. The first-order valence-electron chi connectivity index (χ1n) is 2.15. The third kappa shape index (κ3) is 2.35. The molecule has 0 aliphatic rings. The van der Waals surface area contributed by atoms with Crippen LogP contribution in [0.25, 0.3) is 0 Å².